The van der Waals surface area contributed by atoms with Crippen LogP contribution in [0.5, 0.6) is 5.75 Å². The molecule has 0 unspecified atom stereocenters. The molecule has 2 aromatic rings. The minimum absolute atomic E-state index is 0.744. The van der Waals surface area contributed by atoms with Gasteiger partial charge in [-0.3, -0.25) is 0 Å². The number of aryl methyl sites for hydroxylation is 1. The van der Waals surface area contributed by atoms with Crippen molar-refractivity contribution in [2.24, 2.45) is 0 Å². The number of methoxy groups -OCH3 is 1. The molecule has 2 aromatic carbocycles. The summed E-state index contributed by atoms with van der Waals surface area (Å²) in [6.07, 6.45) is 0. The van der Waals surface area contributed by atoms with Crippen LogP contribution in [-0.4, -0.2) is 7.11 Å². The minimum Gasteiger partial charge on any atom is -0.496 e. The van der Waals surface area contributed by atoms with Crippen LogP contribution in [0.3, 0.4) is 0 Å². The molecule has 19 heavy (non-hydrogen) atoms. The first-order valence-corrected chi connectivity index (χ1v) is 6.62. The van der Waals surface area contributed by atoms with Gasteiger partial charge in [0.2, 0.25) is 0 Å². The molecule has 3 heteroatoms. The standard InChI is InChI=1S/C16H18ClNO/c1-11-7-8-15(12(2)16(11)19-3)18-10-13-5-4-6-14(17)9-13/h4-9,18H,10H2,1-3H3. The van der Waals surface area contributed by atoms with Crippen molar-refractivity contribution in [2.45, 2.75) is 20.4 Å². The number of hydrogen-bond donors (Lipinski definition) is 1. The van der Waals surface area contributed by atoms with E-state index in [9.17, 15) is 0 Å². The Bertz CT molecular complexity index is 581. The average molecular weight is 276 g/mol. The van der Waals surface area contributed by atoms with E-state index in [1.54, 1.807) is 7.11 Å². The van der Waals surface area contributed by atoms with E-state index < -0.39 is 0 Å². The quantitative estimate of drug-likeness (QED) is 0.882. The summed E-state index contributed by atoms with van der Waals surface area (Å²) in [5.41, 5.74) is 4.52. The highest BCUT2D eigenvalue weighted by Crippen LogP contribution is 2.29. The molecule has 0 radical (unpaired) electrons. The summed E-state index contributed by atoms with van der Waals surface area (Å²) in [5, 5.41) is 4.18. The van der Waals surface area contributed by atoms with Crippen molar-refractivity contribution in [3.63, 3.8) is 0 Å². The Morgan fingerprint density at radius 3 is 2.63 bits per heavy atom. The molecular formula is C16H18ClNO. The Kier molecular flexibility index (Phi) is 4.33. The number of nitrogens with one attached hydrogen (secondary N) is 1. The van der Waals surface area contributed by atoms with Crippen LogP contribution in [0, 0.1) is 13.8 Å². The molecule has 0 saturated heterocycles. The fraction of sp³-hybridized carbons (Fsp3) is 0.250. The molecule has 0 amide bonds. The number of ether oxygens (including phenoxy) is 1. The van der Waals surface area contributed by atoms with Gasteiger partial charge in [-0.05, 0) is 43.2 Å². The van der Waals surface area contributed by atoms with Crippen molar-refractivity contribution < 1.29 is 4.74 Å². The molecule has 0 aliphatic carbocycles. The fourth-order valence-electron chi connectivity index (χ4n) is 2.18. The molecule has 2 nitrogen and oxygen atoms in total. The van der Waals surface area contributed by atoms with E-state index in [1.165, 1.54) is 0 Å². The van der Waals surface area contributed by atoms with Gasteiger partial charge >= 0.3 is 0 Å². The molecular weight excluding hydrogens is 258 g/mol. The fourth-order valence-corrected chi connectivity index (χ4v) is 2.39. The highest BCUT2D eigenvalue weighted by Gasteiger charge is 2.07. The van der Waals surface area contributed by atoms with Crippen molar-refractivity contribution >= 4 is 17.3 Å². The van der Waals surface area contributed by atoms with Crippen LogP contribution in [-0.2, 0) is 6.54 Å². The molecule has 2 rings (SSSR count). The van der Waals surface area contributed by atoms with Crippen molar-refractivity contribution in [3.8, 4) is 5.75 Å². The molecule has 0 saturated carbocycles. The number of anilines is 1. The van der Waals surface area contributed by atoms with Gasteiger partial charge in [-0.15, -0.1) is 0 Å². The van der Waals surface area contributed by atoms with E-state index in [0.29, 0.717) is 0 Å². The Labute approximate surface area is 119 Å². The van der Waals surface area contributed by atoms with Gasteiger partial charge in [0.05, 0.1) is 7.11 Å². The normalized spacial score (nSPS) is 10.3. The summed E-state index contributed by atoms with van der Waals surface area (Å²) in [6, 6.07) is 12.0. The van der Waals surface area contributed by atoms with Gasteiger partial charge < -0.3 is 10.1 Å². The first-order chi connectivity index (χ1) is 9.11. The molecule has 0 bridgehead atoms. The summed E-state index contributed by atoms with van der Waals surface area (Å²) in [6.45, 7) is 4.85. The van der Waals surface area contributed by atoms with Gasteiger partial charge in [0.15, 0.2) is 0 Å². The first kappa shape index (κ1) is 13.8. The zero-order valence-corrected chi connectivity index (χ0v) is 12.2. The average Bonchev–Trinajstić information content (AvgIpc) is 2.38. The SMILES string of the molecule is COc1c(C)ccc(NCc2cccc(Cl)c2)c1C. The highest BCUT2D eigenvalue weighted by atomic mass is 35.5. The maximum Gasteiger partial charge on any atom is 0.126 e. The number of hydrogen-bond acceptors (Lipinski definition) is 2. The lowest BCUT2D eigenvalue weighted by molar-refractivity contribution is 0.409. The van der Waals surface area contributed by atoms with Crippen LogP contribution in [0.15, 0.2) is 36.4 Å². The molecule has 100 valence electrons. The lowest BCUT2D eigenvalue weighted by Gasteiger charge is -2.15. The molecule has 0 spiro atoms. The lowest BCUT2D eigenvalue weighted by atomic mass is 10.1. The predicted molar refractivity (Wildman–Crippen MR) is 81.2 cm³/mol. The van der Waals surface area contributed by atoms with Gasteiger partial charge in [0.1, 0.15) is 5.75 Å². The second-order valence-electron chi connectivity index (χ2n) is 4.57. The molecule has 0 fully saturated rings. The zero-order valence-electron chi connectivity index (χ0n) is 11.5. The minimum atomic E-state index is 0.744. The van der Waals surface area contributed by atoms with E-state index in [4.69, 9.17) is 16.3 Å². The van der Waals surface area contributed by atoms with E-state index >= 15 is 0 Å². The van der Waals surface area contributed by atoms with E-state index in [2.05, 4.69) is 30.4 Å². The smallest absolute Gasteiger partial charge is 0.126 e. The second-order valence-corrected chi connectivity index (χ2v) is 5.01. The number of rotatable bonds is 4. The van der Waals surface area contributed by atoms with E-state index in [1.807, 2.05) is 25.1 Å². The second kappa shape index (κ2) is 5.98. The Morgan fingerprint density at radius 1 is 1.16 bits per heavy atom. The monoisotopic (exact) mass is 275 g/mol. The highest BCUT2D eigenvalue weighted by molar-refractivity contribution is 6.30. The van der Waals surface area contributed by atoms with Crippen LogP contribution >= 0.6 is 11.6 Å². The van der Waals surface area contributed by atoms with Gasteiger partial charge in [-0.1, -0.05) is 29.8 Å². The van der Waals surface area contributed by atoms with Gasteiger partial charge in [0.25, 0.3) is 0 Å². The largest absolute Gasteiger partial charge is 0.496 e. The zero-order chi connectivity index (χ0) is 13.8. The van der Waals surface area contributed by atoms with Crippen molar-refractivity contribution in [2.75, 3.05) is 12.4 Å². The van der Waals surface area contributed by atoms with E-state index in [-0.39, 0.29) is 0 Å². The molecule has 0 heterocycles. The predicted octanol–water partition coefficient (Wildman–Crippen LogP) is 4.58. The van der Waals surface area contributed by atoms with Crippen LogP contribution in [0.25, 0.3) is 0 Å². The van der Waals surface area contributed by atoms with Crippen molar-refractivity contribution in [1.29, 1.82) is 0 Å². The maximum absolute atomic E-state index is 5.98. The topological polar surface area (TPSA) is 21.3 Å². The Hall–Kier alpha value is -1.67. The first-order valence-electron chi connectivity index (χ1n) is 6.24. The third-order valence-corrected chi connectivity index (χ3v) is 3.41. The Balaban J connectivity index is 2.16. The third kappa shape index (κ3) is 3.21. The molecule has 0 aromatic heterocycles. The Morgan fingerprint density at radius 2 is 1.95 bits per heavy atom. The summed E-state index contributed by atoms with van der Waals surface area (Å²) in [7, 11) is 1.70. The lowest BCUT2D eigenvalue weighted by Crippen LogP contribution is -2.02. The summed E-state index contributed by atoms with van der Waals surface area (Å²) in [4.78, 5) is 0. The summed E-state index contributed by atoms with van der Waals surface area (Å²) < 4.78 is 5.43. The van der Waals surface area contributed by atoms with Crippen LogP contribution in [0.2, 0.25) is 5.02 Å². The van der Waals surface area contributed by atoms with Crippen LogP contribution in [0.1, 0.15) is 16.7 Å². The summed E-state index contributed by atoms with van der Waals surface area (Å²) in [5.74, 6) is 0.941. The van der Waals surface area contributed by atoms with Gasteiger partial charge in [0, 0.05) is 22.8 Å². The van der Waals surface area contributed by atoms with Crippen molar-refractivity contribution in [1.82, 2.24) is 0 Å². The molecule has 0 atom stereocenters. The van der Waals surface area contributed by atoms with Crippen LogP contribution in [0.4, 0.5) is 5.69 Å². The molecule has 1 N–H and O–H groups in total. The van der Waals surface area contributed by atoms with E-state index in [0.717, 1.165) is 39.7 Å². The molecule has 0 aliphatic heterocycles. The van der Waals surface area contributed by atoms with Gasteiger partial charge in [-0.25, -0.2) is 0 Å². The third-order valence-electron chi connectivity index (χ3n) is 3.18. The maximum atomic E-state index is 5.98. The molecule has 0 aliphatic rings. The summed E-state index contributed by atoms with van der Waals surface area (Å²) >= 11 is 5.98. The van der Waals surface area contributed by atoms with Crippen molar-refractivity contribution in [3.05, 3.63) is 58.1 Å². The van der Waals surface area contributed by atoms with Crippen LogP contribution < -0.4 is 10.1 Å². The van der Waals surface area contributed by atoms with Gasteiger partial charge in [-0.2, -0.15) is 0 Å². The number of halogens is 1. The number of benzene rings is 2.